The largest absolute Gasteiger partial charge is 0.411 e. The average molecular weight is 216 g/mol. The van der Waals surface area contributed by atoms with Crippen LogP contribution in [0.3, 0.4) is 0 Å². The predicted molar refractivity (Wildman–Crippen MR) is 50.6 cm³/mol. The topological polar surface area (TPSA) is 24.9 Å². The molecular formula is C10H11F3N2. The second-order valence-electron chi connectivity index (χ2n) is 3.87. The fourth-order valence-electron chi connectivity index (χ4n) is 1.45. The normalized spacial score (nSPS) is 18.7. The van der Waals surface area contributed by atoms with E-state index in [0.29, 0.717) is 5.82 Å². The molecule has 0 unspecified atom stereocenters. The zero-order valence-corrected chi connectivity index (χ0v) is 8.23. The van der Waals surface area contributed by atoms with Crippen LogP contribution >= 0.6 is 0 Å². The maximum atomic E-state index is 12.6. The Morgan fingerprint density at radius 3 is 2.53 bits per heavy atom. The van der Waals surface area contributed by atoms with Crippen LogP contribution in [0.2, 0.25) is 0 Å². The van der Waals surface area contributed by atoms with Crippen molar-refractivity contribution >= 4 is 5.82 Å². The van der Waals surface area contributed by atoms with Gasteiger partial charge in [0.1, 0.15) is 11.4 Å². The highest BCUT2D eigenvalue weighted by Gasteiger charge is 2.63. The molecule has 1 aliphatic rings. The minimum Gasteiger partial charge on any atom is -0.356 e. The van der Waals surface area contributed by atoms with Crippen molar-refractivity contribution in [3.63, 3.8) is 0 Å². The summed E-state index contributed by atoms with van der Waals surface area (Å²) in [7, 11) is 0. The van der Waals surface area contributed by atoms with Gasteiger partial charge in [-0.05, 0) is 31.4 Å². The van der Waals surface area contributed by atoms with E-state index in [9.17, 15) is 13.2 Å². The van der Waals surface area contributed by atoms with Crippen molar-refractivity contribution in [3.05, 3.63) is 23.9 Å². The molecule has 2 nitrogen and oxygen atoms in total. The van der Waals surface area contributed by atoms with Crippen LogP contribution in [-0.4, -0.2) is 16.7 Å². The number of anilines is 1. The molecule has 0 aromatic carbocycles. The highest BCUT2D eigenvalue weighted by atomic mass is 19.4. The first kappa shape index (κ1) is 10.3. The number of pyridine rings is 1. The quantitative estimate of drug-likeness (QED) is 0.822. The maximum absolute atomic E-state index is 12.6. The Bertz CT molecular complexity index is 369. The van der Waals surface area contributed by atoms with Gasteiger partial charge in [0.2, 0.25) is 0 Å². The van der Waals surface area contributed by atoms with Crippen molar-refractivity contribution in [1.82, 2.24) is 4.98 Å². The standard InChI is InChI=1S/C10H11F3N2/c1-7-3-2-6-14-8(7)15-9(4-5-9)10(11,12)13/h2-3,6H,4-5H2,1H3,(H,14,15). The lowest BCUT2D eigenvalue weighted by Gasteiger charge is -2.22. The second-order valence-corrected chi connectivity index (χ2v) is 3.87. The molecular weight excluding hydrogens is 205 g/mol. The number of aromatic nitrogens is 1. The molecule has 1 aromatic heterocycles. The van der Waals surface area contributed by atoms with Crippen LogP contribution in [0, 0.1) is 6.92 Å². The van der Waals surface area contributed by atoms with Gasteiger partial charge in [-0.3, -0.25) is 0 Å². The van der Waals surface area contributed by atoms with Crippen LogP contribution in [0.5, 0.6) is 0 Å². The summed E-state index contributed by atoms with van der Waals surface area (Å²) in [5, 5.41) is 2.50. The molecule has 0 spiro atoms. The predicted octanol–water partition coefficient (Wildman–Crippen LogP) is 2.90. The molecule has 2 rings (SSSR count). The number of halogens is 3. The van der Waals surface area contributed by atoms with Crippen LogP contribution in [0.25, 0.3) is 0 Å². The van der Waals surface area contributed by atoms with Gasteiger partial charge < -0.3 is 5.32 Å². The molecule has 1 aromatic rings. The van der Waals surface area contributed by atoms with Crippen molar-refractivity contribution in [2.45, 2.75) is 31.5 Å². The Kier molecular flexibility index (Phi) is 2.13. The van der Waals surface area contributed by atoms with Gasteiger partial charge in [-0.2, -0.15) is 13.2 Å². The highest BCUT2D eigenvalue weighted by molar-refractivity contribution is 5.47. The van der Waals surface area contributed by atoms with Gasteiger partial charge >= 0.3 is 6.18 Å². The second kappa shape index (κ2) is 3.12. The molecule has 5 heteroatoms. The van der Waals surface area contributed by atoms with Crippen LogP contribution in [0.4, 0.5) is 19.0 Å². The summed E-state index contributed by atoms with van der Waals surface area (Å²) in [5.41, 5.74) is -1.00. The molecule has 82 valence electrons. The van der Waals surface area contributed by atoms with Gasteiger partial charge in [-0.15, -0.1) is 0 Å². The number of hydrogen-bond acceptors (Lipinski definition) is 2. The lowest BCUT2D eigenvalue weighted by Crippen LogP contribution is -2.39. The fraction of sp³-hybridized carbons (Fsp3) is 0.500. The maximum Gasteiger partial charge on any atom is 0.411 e. The molecule has 1 saturated carbocycles. The van der Waals surface area contributed by atoms with Crippen molar-refractivity contribution in [1.29, 1.82) is 0 Å². The molecule has 0 atom stereocenters. The number of aryl methyl sites for hydroxylation is 1. The van der Waals surface area contributed by atoms with E-state index in [1.165, 1.54) is 6.20 Å². The number of hydrogen-bond donors (Lipinski definition) is 1. The molecule has 0 bridgehead atoms. The van der Waals surface area contributed by atoms with Gasteiger partial charge in [-0.25, -0.2) is 4.98 Å². The molecule has 0 radical (unpaired) electrons. The molecule has 0 saturated heterocycles. The Morgan fingerprint density at radius 2 is 2.07 bits per heavy atom. The third-order valence-corrected chi connectivity index (χ3v) is 2.66. The van der Waals surface area contributed by atoms with E-state index >= 15 is 0 Å². The van der Waals surface area contributed by atoms with Crippen LogP contribution in [0.1, 0.15) is 18.4 Å². The third-order valence-electron chi connectivity index (χ3n) is 2.66. The average Bonchev–Trinajstić information content (AvgIpc) is 2.89. The van der Waals surface area contributed by atoms with Gasteiger partial charge in [0.15, 0.2) is 0 Å². The van der Waals surface area contributed by atoms with Gasteiger partial charge in [0, 0.05) is 6.20 Å². The minimum atomic E-state index is -4.20. The summed E-state index contributed by atoms with van der Waals surface area (Å²) < 4.78 is 37.9. The van der Waals surface area contributed by atoms with Gasteiger partial charge in [0.05, 0.1) is 0 Å². The smallest absolute Gasteiger partial charge is 0.356 e. The Balaban J connectivity index is 2.20. The third kappa shape index (κ3) is 1.78. The zero-order valence-electron chi connectivity index (χ0n) is 8.23. The van der Waals surface area contributed by atoms with Crippen molar-refractivity contribution in [3.8, 4) is 0 Å². The van der Waals surface area contributed by atoms with E-state index in [0.717, 1.165) is 5.56 Å². The first-order valence-electron chi connectivity index (χ1n) is 4.71. The van der Waals surface area contributed by atoms with Crippen LogP contribution < -0.4 is 5.32 Å². The molecule has 1 heterocycles. The Morgan fingerprint density at radius 1 is 1.40 bits per heavy atom. The van der Waals surface area contributed by atoms with Crippen LogP contribution in [0.15, 0.2) is 18.3 Å². The Labute approximate surface area is 85.5 Å². The molecule has 15 heavy (non-hydrogen) atoms. The van der Waals surface area contributed by atoms with Crippen LogP contribution in [-0.2, 0) is 0 Å². The molecule has 1 N–H and O–H groups in total. The number of nitrogens with zero attached hydrogens (tertiary/aromatic N) is 1. The minimum absolute atomic E-state index is 0.131. The first-order valence-corrected chi connectivity index (χ1v) is 4.71. The summed E-state index contributed by atoms with van der Waals surface area (Å²) >= 11 is 0. The van der Waals surface area contributed by atoms with E-state index in [2.05, 4.69) is 10.3 Å². The Hall–Kier alpha value is -1.26. The number of rotatable bonds is 2. The number of nitrogens with one attached hydrogen (secondary N) is 1. The molecule has 0 aliphatic heterocycles. The van der Waals surface area contributed by atoms with Crippen molar-refractivity contribution in [2.75, 3.05) is 5.32 Å². The van der Waals surface area contributed by atoms with E-state index < -0.39 is 11.7 Å². The van der Waals surface area contributed by atoms with Gasteiger partial charge in [0.25, 0.3) is 0 Å². The van der Waals surface area contributed by atoms with Crippen molar-refractivity contribution in [2.24, 2.45) is 0 Å². The first-order chi connectivity index (χ1) is 6.95. The van der Waals surface area contributed by atoms with E-state index in [1.54, 1.807) is 19.1 Å². The lowest BCUT2D eigenvalue weighted by atomic mass is 10.2. The van der Waals surface area contributed by atoms with E-state index in [4.69, 9.17) is 0 Å². The lowest BCUT2D eigenvalue weighted by molar-refractivity contribution is -0.151. The van der Waals surface area contributed by atoms with E-state index in [-0.39, 0.29) is 12.8 Å². The van der Waals surface area contributed by atoms with Gasteiger partial charge in [-0.1, -0.05) is 6.07 Å². The SMILES string of the molecule is Cc1cccnc1NC1(C(F)(F)F)CC1. The summed E-state index contributed by atoms with van der Waals surface area (Å²) in [6.45, 7) is 1.74. The monoisotopic (exact) mass is 216 g/mol. The number of alkyl halides is 3. The summed E-state index contributed by atoms with van der Waals surface area (Å²) in [6.07, 6.45) is -2.45. The molecule has 1 fully saturated rings. The molecule has 0 amide bonds. The van der Waals surface area contributed by atoms with E-state index in [1.807, 2.05) is 0 Å². The summed E-state index contributed by atoms with van der Waals surface area (Å²) in [6, 6.07) is 3.44. The fourth-order valence-corrected chi connectivity index (χ4v) is 1.45. The zero-order chi connectivity index (χ0) is 11.1. The van der Waals surface area contributed by atoms with Crippen molar-refractivity contribution < 1.29 is 13.2 Å². The summed E-state index contributed by atoms with van der Waals surface area (Å²) in [4.78, 5) is 3.91. The summed E-state index contributed by atoms with van der Waals surface area (Å²) in [5.74, 6) is 0.326. The molecule has 1 aliphatic carbocycles. The highest BCUT2D eigenvalue weighted by Crippen LogP contribution is 2.51.